The lowest BCUT2D eigenvalue weighted by Crippen LogP contribution is -2.36. The lowest BCUT2D eigenvalue weighted by atomic mass is 10.00. The Morgan fingerprint density at radius 2 is 1.86 bits per heavy atom. The molecular formula is C26H23F2N5O2. The maximum atomic E-state index is 13.2. The van der Waals surface area contributed by atoms with Gasteiger partial charge in [0.25, 0.3) is 12.3 Å². The third-order valence-electron chi connectivity index (χ3n) is 5.82. The maximum absolute atomic E-state index is 13.2. The van der Waals surface area contributed by atoms with E-state index in [0.717, 1.165) is 18.5 Å². The molecule has 3 heterocycles. The molecule has 178 valence electrons. The second-order valence-electron chi connectivity index (χ2n) is 8.20. The lowest BCUT2D eigenvalue weighted by molar-refractivity contribution is 0.0331. The van der Waals surface area contributed by atoms with E-state index in [4.69, 9.17) is 4.74 Å². The highest BCUT2D eigenvalue weighted by Crippen LogP contribution is 2.30. The SMILES string of the molecule is O=C(Nc1ccnc(CN2CCOCC2)n1)c1ccc2cccc(-c3cccc(C(F)F)c3)c2n1. The van der Waals surface area contributed by atoms with Crippen molar-refractivity contribution in [3.63, 3.8) is 0 Å². The Balaban J connectivity index is 1.39. The molecule has 2 aromatic heterocycles. The fourth-order valence-electron chi connectivity index (χ4n) is 4.03. The van der Waals surface area contributed by atoms with E-state index in [2.05, 4.69) is 25.2 Å². The highest BCUT2D eigenvalue weighted by molar-refractivity contribution is 6.04. The molecule has 0 atom stereocenters. The van der Waals surface area contributed by atoms with Crippen LogP contribution in [0.15, 0.2) is 66.9 Å². The van der Waals surface area contributed by atoms with Gasteiger partial charge in [-0.15, -0.1) is 0 Å². The van der Waals surface area contributed by atoms with Crippen molar-refractivity contribution in [1.29, 1.82) is 0 Å². The standard InChI is InChI=1S/C26H23F2N5O2/c27-25(28)19-5-1-4-18(15-19)20-6-2-3-17-7-8-21(30-24(17)20)26(34)32-22-9-10-29-23(31-22)16-33-11-13-35-14-12-33/h1-10,15,25H,11-14,16H2,(H,29,31,32,34). The van der Waals surface area contributed by atoms with Gasteiger partial charge in [-0.05, 0) is 23.8 Å². The van der Waals surface area contributed by atoms with Crippen molar-refractivity contribution < 1.29 is 18.3 Å². The van der Waals surface area contributed by atoms with E-state index in [1.54, 1.807) is 36.5 Å². The molecule has 1 fully saturated rings. The summed E-state index contributed by atoms with van der Waals surface area (Å²) in [5.74, 6) is 0.574. The van der Waals surface area contributed by atoms with Crippen LogP contribution in [0.5, 0.6) is 0 Å². The zero-order valence-corrected chi connectivity index (χ0v) is 18.8. The molecule has 1 amide bonds. The average molecular weight is 475 g/mol. The molecule has 0 bridgehead atoms. The van der Waals surface area contributed by atoms with Crippen LogP contribution >= 0.6 is 0 Å². The Morgan fingerprint density at radius 3 is 2.69 bits per heavy atom. The number of hydrogen-bond donors (Lipinski definition) is 1. The van der Waals surface area contributed by atoms with Crippen LogP contribution in [0.3, 0.4) is 0 Å². The highest BCUT2D eigenvalue weighted by Gasteiger charge is 2.16. The van der Waals surface area contributed by atoms with Gasteiger partial charge in [0.05, 0.1) is 25.3 Å². The van der Waals surface area contributed by atoms with Crippen LogP contribution in [0.1, 0.15) is 28.3 Å². The third kappa shape index (κ3) is 5.31. The lowest BCUT2D eigenvalue weighted by Gasteiger charge is -2.25. The minimum absolute atomic E-state index is 0.0648. The molecule has 0 unspecified atom stereocenters. The van der Waals surface area contributed by atoms with Crippen molar-refractivity contribution in [2.45, 2.75) is 13.0 Å². The monoisotopic (exact) mass is 475 g/mol. The summed E-state index contributed by atoms with van der Waals surface area (Å²) in [6.45, 7) is 3.55. The van der Waals surface area contributed by atoms with Gasteiger partial charge in [-0.25, -0.2) is 23.7 Å². The van der Waals surface area contributed by atoms with Crippen molar-refractivity contribution in [3.05, 3.63) is 83.9 Å². The number of anilines is 1. The van der Waals surface area contributed by atoms with Gasteiger partial charge in [-0.2, -0.15) is 0 Å². The van der Waals surface area contributed by atoms with Crippen LogP contribution in [0, 0.1) is 0 Å². The zero-order valence-electron chi connectivity index (χ0n) is 18.8. The first-order valence-electron chi connectivity index (χ1n) is 11.3. The van der Waals surface area contributed by atoms with Crippen LogP contribution in [-0.4, -0.2) is 52.1 Å². The maximum Gasteiger partial charge on any atom is 0.275 e. The van der Waals surface area contributed by atoms with Crippen LogP contribution < -0.4 is 5.32 Å². The van der Waals surface area contributed by atoms with Gasteiger partial charge in [0.1, 0.15) is 17.3 Å². The number of benzene rings is 2. The van der Waals surface area contributed by atoms with Gasteiger partial charge in [0.2, 0.25) is 0 Å². The number of rotatable bonds is 6. The summed E-state index contributed by atoms with van der Waals surface area (Å²) in [4.78, 5) is 28.5. The Hall–Kier alpha value is -3.82. The molecule has 4 aromatic rings. The number of alkyl halides is 2. The van der Waals surface area contributed by atoms with Crippen molar-refractivity contribution in [1.82, 2.24) is 19.9 Å². The van der Waals surface area contributed by atoms with Crippen LogP contribution in [0.4, 0.5) is 14.6 Å². The number of halogens is 2. The number of carbonyl (C=O) groups excluding carboxylic acids is 1. The summed E-state index contributed by atoms with van der Waals surface area (Å²) >= 11 is 0. The van der Waals surface area contributed by atoms with E-state index in [-0.39, 0.29) is 11.3 Å². The molecule has 1 aliphatic rings. The summed E-state index contributed by atoms with van der Waals surface area (Å²) in [7, 11) is 0. The number of fused-ring (bicyclic) bond motifs is 1. The minimum atomic E-state index is -2.57. The summed E-state index contributed by atoms with van der Waals surface area (Å²) < 4.78 is 31.8. The fourth-order valence-corrected chi connectivity index (χ4v) is 4.03. The average Bonchev–Trinajstić information content (AvgIpc) is 2.89. The Morgan fingerprint density at radius 1 is 1.03 bits per heavy atom. The van der Waals surface area contributed by atoms with Gasteiger partial charge in [-0.3, -0.25) is 9.69 Å². The number of ether oxygens (including phenoxy) is 1. The van der Waals surface area contributed by atoms with E-state index in [0.29, 0.717) is 48.0 Å². The minimum Gasteiger partial charge on any atom is -0.379 e. The largest absolute Gasteiger partial charge is 0.379 e. The molecule has 35 heavy (non-hydrogen) atoms. The quantitative estimate of drug-likeness (QED) is 0.435. The van der Waals surface area contributed by atoms with Gasteiger partial charge in [0, 0.05) is 35.8 Å². The van der Waals surface area contributed by atoms with Crippen molar-refractivity contribution in [3.8, 4) is 11.1 Å². The van der Waals surface area contributed by atoms with E-state index < -0.39 is 12.3 Å². The number of carbonyl (C=O) groups is 1. The number of pyridine rings is 1. The number of amides is 1. The first-order chi connectivity index (χ1) is 17.1. The van der Waals surface area contributed by atoms with E-state index in [9.17, 15) is 13.6 Å². The molecule has 1 N–H and O–H groups in total. The van der Waals surface area contributed by atoms with Gasteiger partial charge < -0.3 is 10.1 Å². The van der Waals surface area contributed by atoms with Gasteiger partial charge in [-0.1, -0.05) is 42.5 Å². The molecule has 1 saturated heterocycles. The molecule has 7 nitrogen and oxygen atoms in total. The van der Waals surface area contributed by atoms with Crippen LogP contribution in [0.25, 0.3) is 22.0 Å². The van der Waals surface area contributed by atoms with E-state index in [1.165, 1.54) is 12.1 Å². The molecule has 1 aliphatic heterocycles. The number of aromatic nitrogens is 3. The normalized spacial score (nSPS) is 14.4. The smallest absolute Gasteiger partial charge is 0.275 e. The Kier molecular flexibility index (Phi) is 6.69. The number of morpholine rings is 1. The molecule has 0 saturated carbocycles. The van der Waals surface area contributed by atoms with Gasteiger partial charge in [0.15, 0.2) is 0 Å². The number of nitrogens with zero attached hydrogens (tertiary/aromatic N) is 4. The molecule has 0 aliphatic carbocycles. The first-order valence-corrected chi connectivity index (χ1v) is 11.3. The van der Waals surface area contributed by atoms with Gasteiger partial charge >= 0.3 is 0 Å². The fraction of sp³-hybridized carbons (Fsp3) is 0.231. The highest BCUT2D eigenvalue weighted by atomic mass is 19.3. The zero-order chi connectivity index (χ0) is 24.2. The topological polar surface area (TPSA) is 80.2 Å². The predicted octanol–water partition coefficient (Wildman–Crippen LogP) is 4.71. The van der Waals surface area contributed by atoms with Crippen molar-refractivity contribution in [2.24, 2.45) is 0 Å². The van der Waals surface area contributed by atoms with Crippen LogP contribution in [-0.2, 0) is 11.3 Å². The summed E-state index contributed by atoms with van der Waals surface area (Å²) in [5.41, 5.74) is 1.98. The Labute approximate surface area is 200 Å². The number of nitrogens with one attached hydrogen (secondary N) is 1. The molecule has 2 aromatic carbocycles. The molecule has 9 heteroatoms. The summed E-state index contributed by atoms with van der Waals surface area (Å²) in [5, 5.41) is 3.59. The molecule has 5 rings (SSSR count). The third-order valence-corrected chi connectivity index (χ3v) is 5.82. The summed E-state index contributed by atoms with van der Waals surface area (Å²) in [6, 6.07) is 16.8. The molecular weight excluding hydrogens is 452 g/mol. The molecule has 0 spiro atoms. The summed E-state index contributed by atoms with van der Waals surface area (Å²) in [6.07, 6.45) is -0.958. The molecule has 0 radical (unpaired) electrons. The Bertz CT molecular complexity index is 1360. The van der Waals surface area contributed by atoms with E-state index in [1.807, 2.05) is 18.2 Å². The second kappa shape index (κ2) is 10.2. The van der Waals surface area contributed by atoms with E-state index >= 15 is 0 Å². The first kappa shape index (κ1) is 22.9. The second-order valence-corrected chi connectivity index (χ2v) is 8.20. The van der Waals surface area contributed by atoms with Crippen molar-refractivity contribution >= 4 is 22.6 Å². The van der Waals surface area contributed by atoms with Crippen LogP contribution in [0.2, 0.25) is 0 Å². The number of hydrogen-bond acceptors (Lipinski definition) is 6. The predicted molar refractivity (Wildman–Crippen MR) is 128 cm³/mol. The van der Waals surface area contributed by atoms with Crippen molar-refractivity contribution in [2.75, 3.05) is 31.6 Å². The number of para-hydroxylation sites is 1.